The van der Waals surface area contributed by atoms with Crippen LogP contribution in [0.3, 0.4) is 0 Å². The quantitative estimate of drug-likeness (QED) is 0.596. The Morgan fingerprint density at radius 3 is 2.52 bits per heavy atom. The SMILES string of the molecule is Cc1ccc(CCCC[C@H](O)c2ccc(O)c3[nH]c(=O)ccc23)cc1. The Morgan fingerprint density at radius 2 is 1.76 bits per heavy atom. The number of H-pyrrole nitrogens is 1. The lowest BCUT2D eigenvalue weighted by atomic mass is 9.97. The molecule has 0 radical (unpaired) electrons. The van der Waals surface area contributed by atoms with E-state index in [1.807, 2.05) is 0 Å². The number of pyridine rings is 1. The van der Waals surface area contributed by atoms with Gasteiger partial charge in [0.05, 0.1) is 11.6 Å². The van der Waals surface area contributed by atoms with E-state index in [1.54, 1.807) is 12.1 Å². The number of aromatic amines is 1. The number of aryl methyl sites for hydroxylation is 2. The van der Waals surface area contributed by atoms with Gasteiger partial charge in [-0.2, -0.15) is 0 Å². The first-order valence-electron chi connectivity index (χ1n) is 8.63. The van der Waals surface area contributed by atoms with Gasteiger partial charge < -0.3 is 15.2 Å². The second-order valence-corrected chi connectivity index (χ2v) is 6.53. The number of fused-ring (bicyclic) bond motifs is 1. The summed E-state index contributed by atoms with van der Waals surface area (Å²) < 4.78 is 0. The minimum absolute atomic E-state index is 0.0167. The van der Waals surface area contributed by atoms with E-state index < -0.39 is 6.10 Å². The predicted octanol–water partition coefficient (Wildman–Crippen LogP) is 3.99. The first-order valence-corrected chi connectivity index (χ1v) is 8.63. The van der Waals surface area contributed by atoms with Crippen molar-refractivity contribution in [1.82, 2.24) is 4.98 Å². The van der Waals surface area contributed by atoms with Crippen LogP contribution in [0.25, 0.3) is 10.9 Å². The van der Waals surface area contributed by atoms with Gasteiger partial charge in [-0.1, -0.05) is 42.3 Å². The summed E-state index contributed by atoms with van der Waals surface area (Å²) in [7, 11) is 0. The molecule has 1 aromatic heterocycles. The van der Waals surface area contributed by atoms with Gasteiger partial charge >= 0.3 is 0 Å². The molecule has 4 heteroatoms. The van der Waals surface area contributed by atoms with E-state index in [4.69, 9.17) is 0 Å². The number of nitrogens with one attached hydrogen (secondary N) is 1. The van der Waals surface area contributed by atoms with Crippen molar-refractivity contribution >= 4 is 10.9 Å². The van der Waals surface area contributed by atoms with Crippen molar-refractivity contribution in [3.05, 3.63) is 75.6 Å². The van der Waals surface area contributed by atoms with Gasteiger partial charge in [0.15, 0.2) is 0 Å². The molecular weight excluding hydrogens is 314 g/mol. The maximum absolute atomic E-state index is 11.5. The highest BCUT2D eigenvalue weighted by atomic mass is 16.3. The first-order chi connectivity index (χ1) is 12.0. The molecule has 0 amide bonds. The molecule has 0 saturated carbocycles. The minimum Gasteiger partial charge on any atom is -0.506 e. The summed E-state index contributed by atoms with van der Waals surface area (Å²) in [5.74, 6) is 0.0167. The van der Waals surface area contributed by atoms with Crippen LogP contribution in [0.15, 0.2) is 53.3 Å². The van der Waals surface area contributed by atoms with Crippen molar-refractivity contribution in [3.63, 3.8) is 0 Å². The molecule has 1 heterocycles. The summed E-state index contributed by atoms with van der Waals surface area (Å²) in [4.78, 5) is 14.1. The van der Waals surface area contributed by atoms with Crippen LogP contribution < -0.4 is 5.56 Å². The molecule has 3 aromatic rings. The molecule has 0 aliphatic heterocycles. The Morgan fingerprint density at radius 1 is 1.00 bits per heavy atom. The summed E-state index contributed by atoms with van der Waals surface area (Å²) in [6.45, 7) is 2.08. The fourth-order valence-electron chi connectivity index (χ4n) is 3.13. The number of phenols is 1. The normalized spacial score (nSPS) is 12.4. The zero-order valence-corrected chi connectivity index (χ0v) is 14.3. The molecular formula is C21H23NO3. The first kappa shape index (κ1) is 17.2. The lowest BCUT2D eigenvalue weighted by Gasteiger charge is -2.14. The van der Waals surface area contributed by atoms with Crippen LogP contribution in [0.2, 0.25) is 0 Å². The van der Waals surface area contributed by atoms with Crippen LogP contribution in [0.5, 0.6) is 5.75 Å². The molecule has 0 unspecified atom stereocenters. The maximum atomic E-state index is 11.5. The van der Waals surface area contributed by atoms with Gasteiger partial charge in [0, 0.05) is 11.5 Å². The van der Waals surface area contributed by atoms with Gasteiger partial charge in [0.2, 0.25) is 5.56 Å². The van der Waals surface area contributed by atoms with Gasteiger partial charge in [-0.3, -0.25) is 4.79 Å². The number of aromatic nitrogens is 1. The lowest BCUT2D eigenvalue weighted by molar-refractivity contribution is 0.165. The zero-order valence-electron chi connectivity index (χ0n) is 14.3. The summed E-state index contributed by atoms with van der Waals surface area (Å²) >= 11 is 0. The molecule has 0 bridgehead atoms. The van der Waals surface area contributed by atoms with Gasteiger partial charge in [0.25, 0.3) is 0 Å². The third-order valence-electron chi connectivity index (χ3n) is 4.58. The molecule has 2 aromatic carbocycles. The molecule has 25 heavy (non-hydrogen) atoms. The number of aromatic hydroxyl groups is 1. The van der Waals surface area contributed by atoms with Crippen molar-refractivity contribution < 1.29 is 10.2 Å². The van der Waals surface area contributed by atoms with Crippen molar-refractivity contribution in [1.29, 1.82) is 0 Å². The second-order valence-electron chi connectivity index (χ2n) is 6.53. The molecule has 0 aliphatic rings. The van der Waals surface area contributed by atoms with Crippen LogP contribution >= 0.6 is 0 Å². The smallest absolute Gasteiger partial charge is 0.248 e. The van der Waals surface area contributed by atoms with Crippen molar-refractivity contribution in [2.75, 3.05) is 0 Å². The van der Waals surface area contributed by atoms with Crippen LogP contribution in [-0.2, 0) is 6.42 Å². The number of hydrogen-bond acceptors (Lipinski definition) is 3. The Hall–Kier alpha value is -2.59. The molecule has 0 saturated heterocycles. The Kier molecular flexibility index (Phi) is 5.19. The van der Waals surface area contributed by atoms with Crippen molar-refractivity contribution in [2.45, 2.75) is 38.7 Å². The summed E-state index contributed by atoms with van der Waals surface area (Å²) in [6.07, 6.45) is 2.93. The highest BCUT2D eigenvalue weighted by Gasteiger charge is 2.13. The fraction of sp³-hybridized carbons (Fsp3) is 0.286. The molecule has 4 nitrogen and oxygen atoms in total. The second kappa shape index (κ2) is 7.53. The average molecular weight is 337 g/mol. The topological polar surface area (TPSA) is 73.3 Å². The zero-order chi connectivity index (χ0) is 17.8. The molecule has 130 valence electrons. The standard InChI is InChI=1S/C21H23NO3/c1-14-6-8-15(9-7-14)4-2-3-5-18(23)16-10-12-19(24)21-17(16)11-13-20(25)22-21/h6-13,18,23-24H,2-5H2,1H3,(H,22,25)/t18-/m0/s1. The van der Waals surface area contributed by atoms with Gasteiger partial charge in [-0.15, -0.1) is 0 Å². The summed E-state index contributed by atoms with van der Waals surface area (Å²) in [6, 6.07) is 14.8. The number of benzene rings is 2. The number of aliphatic hydroxyl groups excluding tert-OH is 1. The highest BCUT2D eigenvalue weighted by Crippen LogP contribution is 2.30. The monoisotopic (exact) mass is 337 g/mol. The van der Waals surface area contributed by atoms with E-state index >= 15 is 0 Å². The number of hydrogen-bond donors (Lipinski definition) is 3. The van der Waals surface area contributed by atoms with Crippen molar-refractivity contribution in [2.24, 2.45) is 0 Å². The number of rotatable bonds is 6. The largest absolute Gasteiger partial charge is 0.506 e. The van der Waals surface area contributed by atoms with Crippen LogP contribution in [-0.4, -0.2) is 15.2 Å². The number of unbranched alkanes of at least 4 members (excludes halogenated alkanes) is 1. The highest BCUT2D eigenvalue weighted by molar-refractivity contribution is 5.87. The van der Waals surface area contributed by atoms with Crippen molar-refractivity contribution in [3.8, 4) is 5.75 Å². The van der Waals surface area contributed by atoms with Crippen LogP contribution in [0.4, 0.5) is 0 Å². The Labute approximate surface area is 146 Å². The third kappa shape index (κ3) is 4.09. The molecule has 0 spiro atoms. The fourth-order valence-corrected chi connectivity index (χ4v) is 3.13. The lowest BCUT2D eigenvalue weighted by Crippen LogP contribution is -2.05. The van der Waals surface area contributed by atoms with Gasteiger partial charge in [0.1, 0.15) is 5.75 Å². The van der Waals surface area contributed by atoms with E-state index in [9.17, 15) is 15.0 Å². The van der Waals surface area contributed by atoms with Gasteiger partial charge in [-0.25, -0.2) is 0 Å². The van der Waals surface area contributed by atoms with E-state index in [0.717, 1.165) is 24.8 Å². The maximum Gasteiger partial charge on any atom is 0.248 e. The minimum atomic E-state index is -0.619. The summed E-state index contributed by atoms with van der Waals surface area (Å²) in [5.41, 5.74) is 3.42. The Balaban J connectivity index is 1.64. The summed E-state index contributed by atoms with van der Waals surface area (Å²) in [5, 5.41) is 21.1. The molecule has 3 rings (SSSR count). The molecule has 0 fully saturated rings. The third-order valence-corrected chi connectivity index (χ3v) is 4.58. The average Bonchev–Trinajstić information content (AvgIpc) is 2.61. The molecule has 1 atom stereocenters. The molecule has 3 N–H and O–H groups in total. The number of phenolic OH excluding ortho intramolecular Hbond substituents is 1. The number of aliphatic hydroxyl groups is 1. The van der Waals surface area contributed by atoms with E-state index in [1.165, 1.54) is 23.3 Å². The Bertz CT molecular complexity index is 913. The van der Waals surface area contributed by atoms with E-state index in [2.05, 4.69) is 36.2 Å². The van der Waals surface area contributed by atoms with E-state index in [-0.39, 0.29) is 11.3 Å². The van der Waals surface area contributed by atoms with Gasteiger partial charge in [-0.05, 0) is 49.4 Å². The molecule has 0 aliphatic carbocycles. The van der Waals surface area contributed by atoms with E-state index in [0.29, 0.717) is 17.3 Å². The van der Waals surface area contributed by atoms with Crippen LogP contribution in [0, 0.1) is 6.92 Å². The van der Waals surface area contributed by atoms with Crippen LogP contribution in [0.1, 0.15) is 42.1 Å². The predicted molar refractivity (Wildman–Crippen MR) is 99.9 cm³/mol.